The number of nitrogens with zero attached hydrogens (tertiary/aromatic N) is 5. The van der Waals surface area contributed by atoms with Gasteiger partial charge in [-0.2, -0.15) is 4.98 Å². The highest BCUT2D eigenvalue weighted by Crippen LogP contribution is 2.40. The Morgan fingerprint density at radius 2 is 2.17 bits per heavy atom. The van der Waals surface area contributed by atoms with E-state index in [0.717, 1.165) is 18.5 Å². The Morgan fingerprint density at radius 1 is 1.29 bits per heavy atom. The zero-order valence-electron chi connectivity index (χ0n) is 13.7. The molecular weight excluding hydrogens is 310 g/mol. The average molecular weight is 329 g/mol. The maximum absolute atomic E-state index is 12.6. The van der Waals surface area contributed by atoms with Gasteiger partial charge in [-0.1, -0.05) is 5.16 Å². The van der Waals surface area contributed by atoms with Gasteiger partial charge in [0.05, 0.1) is 18.0 Å². The first kappa shape index (κ1) is 15.2. The summed E-state index contributed by atoms with van der Waals surface area (Å²) < 4.78 is 11.1. The summed E-state index contributed by atoms with van der Waals surface area (Å²) in [5.74, 6) is 1.47. The Morgan fingerprint density at radius 3 is 2.88 bits per heavy atom. The van der Waals surface area contributed by atoms with E-state index >= 15 is 0 Å². The number of aryl methyl sites for hydroxylation is 2. The third-order valence-electron chi connectivity index (χ3n) is 4.67. The van der Waals surface area contributed by atoms with E-state index in [0.29, 0.717) is 36.4 Å². The number of amides is 1. The summed E-state index contributed by atoms with van der Waals surface area (Å²) in [6.45, 7) is 4.88. The molecule has 8 nitrogen and oxygen atoms in total. The van der Waals surface area contributed by atoms with E-state index in [1.165, 1.54) is 6.20 Å². The maximum atomic E-state index is 12.6. The lowest BCUT2D eigenvalue weighted by Gasteiger charge is -2.33. The number of hydrogen-bond acceptors (Lipinski definition) is 7. The Balaban J connectivity index is 1.44. The molecule has 126 valence electrons. The smallest absolute Gasteiger partial charge is 0.274 e. The largest absolute Gasteiger partial charge is 0.365 e. The summed E-state index contributed by atoms with van der Waals surface area (Å²) in [6.07, 6.45) is 4.78. The molecule has 2 aromatic rings. The number of aromatic nitrogens is 4. The van der Waals surface area contributed by atoms with Crippen molar-refractivity contribution in [2.75, 3.05) is 13.1 Å². The molecule has 0 saturated carbocycles. The Bertz CT molecular complexity index is 744. The van der Waals surface area contributed by atoms with E-state index in [1.54, 1.807) is 18.0 Å². The molecule has 0 unspecified atom stereocenters. The second kappa shape index (κ2) is 5.94. The summed E-state index contributed by atoms with van der Waals surface area (Å²) in [5.41, 5.74) is 1.17. The minimum Gasteiger partial charge on any atom is -0.365 e. The molecule has 0 N–H and O–H groups in total. The van der Waals surface area contributed by atoms with Gasteiger partial charge < -0.3 is 14.2 Å². The van der Waals surface area contributed by atoms with E-state index in [1.807, 2.05) is 6.92 Å². The maximum Gasteiger partial charge on any atom is 0.274 e. The SMILES string of the molecule is Cc1cnc(C(=O)N2CC[C@H]3C[C@@H](c4noc(C)n4)O[C@@H]3C2)cn1. The van der Waals surface area contributed by atoms with Crippen molar-refractivity contribution in [2.45, 2.75) is 38.9 Å². The van der Waals surface area contributed by atoms with Crippen molar-refractivity contribution < 1.29 is 14.1 Å². The monoisotopic (exact) mass is 329 g/mol. The van der Waals surface area contributed by atoms with Crippen LogP contribution in [0.5, 0.6) is 0 Å². The van der Waals surface area contributed by atoms with Crippen LogP contribution >= 0.6 is 0 Å². The van der Waals surface area contributed by atoms with Crippen LogP contribution in [0.4, 0.5) is 0 Å². The summed E-state index contributed by atoms with van der Waals surface area (Å²) in [7, 11) is 0. The predicted octanol–water partition coefficient (Wildman–Crippen LogP) is 1.47. The van der Waals surface area contributed by atoms with Crippen LogP contribution in [0, 0.1) is 19.8 Å². The van der Waals surface area contributed by atoms with Crippen LogP contribution < -0.4 is 0 Å². The fourth-order valence-electron chi connectivity index (χ4n) is 3.39. The van der Waals surface area contributed by atoms with Crippen LogP contribution in [0.1, 0.15) is 46.8 Å². The van der Waals surface area contributed by atoms with Gasteiger partial charge in [0.25, 0.3) is 5.91 Å². The number of carbonyl (C=O) groups is 1. The zero-order chi connectivity index (χ0) is 16.7. The molecule has 4 rings (SSSR count). The number of carbonyl (C=O) groups excluding carboxylic acids is 1. The molecule has 2 saturated heterocycles. The van der Waals surface area contributed by atoms with Crippen molar-refractivity contribution in [3.8, 4) is 0 Å². The van der Waals surface area contributed by atoms with E-state index in [-0.39, 0.29) is 18.1 Å². The number of ether oxygens (including phenoxy) is 1. The van der Waals surface area contributed by atoms with Crippen LogP contribution in [-0.4, -0.2) is 50.1 Å². The first-order valence-corrected chi connectivity index (χ1v) is 8.14. The number of hydrogen-bond donors (Lipinski definition) is 0. The third-order valence-corrected chi connectivity index (χ3v) is 4.67. The molecule has 2 aromatic heterocycles. The van der Waals surface area contributed by atoms with Crippen LogP contribution in [-0.2, 0) is 4.74 Å². The minimum atomic E-state index is -0.147. The molecule has 0 aliphatic carbocycles. The van der Waals surface area contributed by atoms with Crippen molar-refractivity contribution in [1.82, 2.24) is 25.0 Å². The van der Waals surface area contributed by atoms with E-state index < -0.39 is 0 Å². The summed E-state index contributed by atoms with van der Waals surface area (Å²) in [5, 5.41) is 3.96. The summed E-state index contributed by atoms with van der Waals surface area (Å²) in [4.78, 5) is 27.0. The van der Waals surface area contributed by atoms with E-state index in [4.69, 9.17) is 9.26 Å². The second-order valence-electron chi connectivity index (χ2n) is 6.41. The topological polar surface area (TPSA) is 94.2 Å². The summed E-state index contributed by atoms with van der Waals surface area (Å²) in [6, 6.07) is 0. The number of likely N-dealkylation sites (tertiary alicyclic amines) is 1. The van der Waals surface area contributed by atoms with Crippen LogP contribution in [0.2, 0.25) is 0 Å². The highest BCUT2D eigenvalue weighted by Gasteiger charge is 2.42. The Hall–Kier alpha value is -2.35. The molecule has 0 aromatic carbocycles. The lowest BCUT2D eigenvalue weighted by atomic mass is 9.91. The van der Waals surface area contributed by atoms with Gasteiger partial charge >= 0.3 is 0 Å². The standard InChI is InChI=1S/C16H19N5O3/c1-9-6-18-12(7-17-9)16(22)21-4-3-11-5-13(23-14(11)8-21)15-19-10(2)24-20-15/h6-7,11,13-14H,3-5,8H2,1-2H3/t11-,13-,14+/m0/s1. The van der Waals surface area contributed by atoms with Crippen molar-refractivity contribution in [3.05, 3.63) is 35.5 Å². The third kappa shape index (κ3) is 2.77. The van der Waals surface area contributed by atoms with Crippen LogP contribution in [0.15, 0.2) is 16.9 Å². The Labute approximate surface area is 139 Å². The molecule has 24 heavy (non-hydrogen) atoms. The number of fused-ring (bicyclic) bond motifs is 1. The van der Waals surface area contributed by atoms with Crippen molar-refractivity contribution in [2.24, 2.45) is 5.92 Å². The lowest BCUT2D eigenvalue weighted by Crippen LogP contribution is -2.45. The normalized spacial score (nSPS) is 26.4. The molecular formula is C16H19N5O3. The minimum absolute atomic E-state index is 0.00455. The molecule has 4 heterocycles. The van der Waals surface area contributed by atoms with E-state index in [2.05, 4.69) is 20.1 Å². The molecule has 2 aliphatic heterocycles. The molecule has 0 radical (unpaired) electrons. The highest BCUT2D eigenvalue weighted by atomic mass is 16.5. The van der Waals surface area contributed by atoms with Gasteiger partial charge in [-0.15, -0.1) is 0 Å². The van der Waals surface area contributed by atoms with Crippen molar-refractivity contribution in [3.63, 3.8) is 0 Å². The fourth-order valence-corrected chi connectivity index (χ4v) is 3.39. The highest BCUT2D eigenvalue weighted by molar-refractivity contribution is 5.92. The first-order chi connectivity index (χ1) is 11.6. The molecule has 2 aliphatic rings. The number of piperidine rings is 1. The first-order valence-electron chi connectivity index (χ1n) is 8.14. The van der Waals surface area contributed by atoms with Gasteiger partial charge in [0.1, 0.15) is 11.8 Å². The predicted molar refractivity (Wildman–Crippen MR) is 82.0 cm³/mol. The van der Waals surface area contributed by atoms with Crippen LogP contribution in [0.3, 0.4) is 0 Å². The molecule has 8 heteroatoms. The molecule has 3 atom stereocenters. The zero-order valence-corrected chi connectivity index (χ0v) is 13.7. The van der Waals surface area contributed by atoms with Gasteiger partial charge in [0.2, 0.25) is 11.7 Å². The Kier molecular flexibility index (Phi) is 3.76. The fraction of sp³-hybridized carbons (Fsp3) is 0.562. The van der Waals surface area contributed by atoms with Gasteiger partial charge in [0, 0.05) is 26.2 Å². The average Bonchev–Trinajstić information content (AvgIpc) is 3.20. The van der Waals surface area contributed by atoms with Crippen molar-refractivity contribution >= 4 is 5.91 Å². The number of rotatable bonds is 2. The molecule has 0 bridgehead atoms. The summed E-state index contributed by atoms with van der Waals surface area (Å²) >= 11 is 0. The molecule has 1 amide bonds. The molecule has 2 fully saturated rings. The van der Waals surface area contributed by atoms with Gasteiger partial charge in [-0.05, 0) is 25.7 Å². The van der Waals surface area contributed by atoms with Crippen molar-refractivity contribution in [1.29, 1.82) is 0 Å². The molecule has 0 spiro atoms. The van der Waals surface area contributed by atoms with Crippen LogP contribution in [0.25, 0.3) is 0 Å². The van der Waals surface area contributed by atoms with Gasteiger partial charge in [0.15, 0.2) is 0 Å². The second-order valence-corrected chi connectivity index (χ2v) is 6.41. The van der Waals surface area contributed by atoms with E-state index in [9.17, 15) is 4.79 Å². The quantitative estimate of drug-likeness (QED) is 0.823. The van der Waals surface area contributed by atoms with Gasteiger partial charge in [-0.3, -0.25) is 9.78 Å². The van der Waals surface area contributed by atoms with Gasteiger partial charge in [-0.25, -0.2) is 4.98 Å². The lowest BCUT2D eigenvalue weighted by molar-refractivity contribution is -0.00763.